The van der Waals surface area contributed by atoms with Gasteiger partial charge in [0.25, 0.3) is 0 Å². The maximum absolute atomic E-state index is 13.0. The number of amides is 2. The van der Waals surface area contributed by atoms with Crippen LogP contribution < -0.4 is 10.1 Å². The summed E-state index contributed by atoms with van der Waals surface area (Å²) in [4.78, 5) is 31.3. The number of nitrogens with one attached hydrogen (secondary N) is 1. The van der Waals surface area contributed by atoms with E-state index in [0.29, 0.717) is 31.1 Å². The highest BCUT2D eigenvalue weighted by Gasteiger charge is 2.35. The number of aromatic nitrogens is 1. The summed E-state index contributed by atoms with van der Waals surface area (Å²) in [6, 6.07) is 22.1. The zero-order valence-electron chi connectivity index (χ0n) is 17.6. The Morgan fingerprint density at radius 2 is 1.62 bits per heavy atom. The van der Waals surface area contributed by atoms with Crippen molar-refractivity contribution in [2.24, 2.45) is 0 Å². The standard InChI is InChI=1S/C25H25N3O4/c29-24(21-13-8-16-28(21)25(30)32-18-20-11-5-2-6-12-20)27-23-22(14-7-15-26-23)31-17-19-9-3-1-4-10-19/h1-7,9-12,14-15,21H,8,13,16-18H2,(H,26,27,29). The van der Waals surface area contributed by atoms with E-state index < -0.39 is 12.1 Å². The molecule has 0 aliphatic carbocycles. The molecule has 1 fully saturated rings. The highest BCUT2D eigenvalue weighted by molar-refractivity contribution is 5.97. The molecule has 1 atom stereocenters. The first kappa shape index (κ1) is 21.4. The van der Waals surface area contributed by atoms with Gasteiger partial charge in [-0.15, -0.1) is 0 Å². The van der Waals surface area contributed by atoms with Crippen molar-refractivity contribution in [1.29, 1.82) is 0 Å². The molecular formula is C25H25N3O4. The molecule has 1 aliphatic heterocycles. The fourth-order valence-corrected chi connectivity index (χ4v) is 3.60. The monoisotopic (exact) mass is 431 g/mol. The zero-order valence-corrected chi connectivity index (χ0v) is 17.6. The quantitative estimate of drug-likeness (QED) is 0.600. The molecular weight excluding hydrogens is 406 g/mol. The Bertz CT molecular complexity index is 1040. The van der Waals surface area contributed by atoms with Crippen LogP contribution >= 0.6 is 0 Å². The number of rotatable bonds is 7. The lowest BCUT2D eigenvalue weighted by Gasteiger charge is -2.23. The van der Waals surface area contributed by atoms with Gasteiger partial charge in [0, 0.05) is 12.7 Å². The van der Waals surface area contributed by atoms with E-state index in [2.05, 4.69) is 10.3 Å². The predicted octanol–water partition coefficient (Wildman–Crippen LogP) is 4.40. The van der Waals surface area contributed by atoms with E-state index in [-0.39, 0.29) is 12.5 Å². The Morgan fingerprint density at radius 1 is 0.938 bits per heavy atom. The van der Waals surface area contributed by atoms with E-state index in [1.807, 2.05) is 60.7 Å². The average Bonchev–Trinajstić information content (AvgIpc) is 3.34. The van der Waals surface area contributed by atoms with Gasteiger partial charge in [0.1, 0.15) is 19.3 Å². The second-order valence-corrected chi connectivity index (χ2v) is 7.51. The van der Waals surface area contributed by atoms with E-state index in [1.54, 1.807) is 18.3 Å². The van der Waals surface area contributed by atoms with Gasteiger partial charge in [-0.05, 0) is 36.1 Å². The third-order valence-electron chi connectivity index (χ3n) is 5.24. The Labute approximate surface area is 187 Å². The van der Waals surface area contributed by atoms with E-state index in [0.717, 1.165) is 17.5 Å². The number of anilines is 1. The van der Waals surface area contributed by atoms with Crippen LogP contribution in [-0.2, 0) is 22.7 Å². The predicted molar refractivity (Wildman–Crippen MR) is 120 cm³/mol. The molecule has 7 heteroatoms. The molecule has 0 spiro atoms. The van der Waals surface area contributed by atoms with Crippen molar-refractivity contribution in [1.82, 2.24) is 9.88 Å². The summed E-state index contributed by atoms with van der Waals surface area (Å²) in [7, 11) is 0. The molecule has 0 bridgehead atoms. The number of benzene rings is 2. The minimum absolute atomic E-state index is 0.169. The van der Waals surface area contributed by atoms with Crippen LogP contribution in [0.15, 0.2) is 79.0 Å². The van der Waals surface area contributed by atoms with Crippen molar-refractivity contribution in [3.8, 4) is 5.75 Å². The molecule has 7 nitrogen and oxygen atoms in total. The second kappa shape index (κ2) is 10.4. The molecule has 1 saturated heterocycles. The number of hydrogen-bond acceptors (Lipinski definition) is 5. The van der Waals surface area contributed by atoms with Gasteiger partial charge in [-0.2, -0.15) is 0 Å². The molecule has 2 aromatic carbocycles. The summed E-state index contributed by atoms with van der Waals surface area (Å²) in [6.45, 7) is 1.00. The van der Waals surface area contributed by atoms with Gasteiger partial charge in [0.05, 0.1) is 0 Å². The maximum Gasteiger partial charge on any atom is 0.410 e. The number of ether oxygens (including phenoxy) is 2. The van der Waals surface area contributed by atoms with Crippen molar-refractivity contribution >= 4 is 17.8 Å². The second-order valence-electron chi connectivity index (χ2n) is 7.51. The maximum atomic E-state index is 13.0. The Kier molecular flexibility index (Phi) is 6.97. The smallest absolute Gasteiger partial charge is 0.410 e. The van der Waals surface area contributed by atoms with E-state index in [4.69, 9.17) is 9.47 Å². The van der Waals surface area contributed by atoms with Crippen molar-refractivity contribution in [3.63, 3.8) is 0 Å². The summed E-state index contributed by atoms with van der Waals surface area (Å²) >= 11 is 0. The lowest BCUT2D eigenvalue weighted by Crippen LogP contribution is -2.43. The van der Waals surface area contributed by atoms with Gasteiger partial charge in [-0.25, -0.2) is 9.78 Å². The SMILES string of the molecule is O=C(Nc1ncccc1OCc1ccccc1)C1CCCN1C(=O)OCc1ccccc1. The first-order valence-corrected chi connectivity index (χ1v) is 10.6. The summed E-state index contributed by atoms with van der Waals surface area (Å²) in [5, 5.41) is 2.82. The lowest BCUT2D eigenvalue weighted by molar-refractivity contribution is -0.120. The van der Waals surface area contributed by atoms with Crippen LogP contribution in [0.1, 0.15) is 24.0 Å². The molecule has 32 heavy (non-hydrogen) atoms. The normalized spacial score (nSPS) is 15.2. The highest BCUT2D eigenvalue weighted by Crippen LogP contribution is 2.25. The Morgan fingerprint density at radius 3 is 2.34 bits per heavy atom. The van der Waals surface area contributed by atoms with E-state index >= 15 is 0 Å². The van der Waals surface area contributed by atoms with Crippen molar-refractivity contribution < 1.29 is 19.1 Å². The highest BCUT2D eigenvalue weighted by atomic mass is 16.6. The van der Waals surface area contributed by atoms with Crippen LogP contribution in [0.25, 0.3) is 0 Å². The van der Waals surface area contributed by atoms with Crippen molar-refractivity contribution in [3.05, 3.63) is 90.1 Å². The number of hydrogen-bond donors (Lipinski definition) is 1. The zero-order chi connectivity index (χ0) is 22.2. The van der Waals surface area contributed by atoms with Gasteiger partial charge >= 0.3 is 6.09 Å². The lowest BCUT2D eigenvalue weighted by atomic mass is 10.2. The minimum atomic E-state index is -0.609. The van der Waals surface area contributed by atoms with Gasteiger partial charge in [0.15, 0.2) is 11.6 Å². The van der Waals surface area contributed by atoms with Gasteiger partial charge < -0.3 is 14.8 Å². The van der Waals surface area contributed by atoms with Crippen LogP contribution in [0.2, 0.25) is 0 Å². The number of carbonyl (C=O) groups excluding carboxylic acids is 2. The summed E-state index contributed by atoms with van der Waals surface area (Å²) in [5.41, 5.74) is 1.91. The van der Waals surface area contributed by atoms with Crippen LogP contribution in [0.5, 0.6) is 5.75 Å². The van der Waals surface area contributed by atoms with Gasteiger partial charge in [-0.3, -0.25) is 9.69 Å². The van der Waals surface area contributed by atoms with Gasteiger partial charge in [0.2, 0.25) is 5.91 Å². The van der Waals surface area contributed by atoms with E-state index in [9.17, 15) is 9.59 Å². The molecule has 1 aliphatic rings. The molecule has 0 radical (unpaired) electrons. The fourth-order valence-electron chi connectivity index (χ4n) is 3.60. The molecule has 2 amide bonds. The Balaban J connectivity index is 1.37. The largest absolute Gasteiger partial charge is 0.485 e. The van der Waals surface area contributed by atoms with Crippen molar-refractivity contribution in [2.45, 2.75) is 32.1 Å². The van der Waals surface area contributed by atoms with E-state index in [1.165, 1.54) is 4.90 Å². The molecule has 1 unspecified atom stereocenters. The first-order chi connectivity index (χ1) is 15.7. The van der Waals surface area contributed by atoms with Gasteiger partial charge in [-0.1, -0.05) is 60.7 Å². The molecule has 4 rings (SSSR count). The number of nitrogens with zero attached hydrogens (tertiary/aromatic N) is 2. The third kappa shape index (κ3) is 5.43. The van der Waals surface area contributed by atoms with Crippen LogP contribution in [0.4, 0.5) is 10.6 Å². The van der Waals surface area contributed by atoms with Crippen molar-refractivity contribution in [2.75, 3.05) is 11.9 Å². The topological polar surface area (TPSA) is 80.8 Å². The molecule has 1 N–H and O–H groups in total. The molecule has 1 aromatic heterocycles. The summed E-state index contributed by atoms with van der Waals surface area (Å²) < 4.78 is 11.3. The van der Waals surface area contributed by atoms with Crippen LogP contribution in [-0.4, -0.2) is 34.5 Å². The Hall–Kier alpha value is -3.87. The first-order valence-electron chi connectivity index (χ1n) is 10.6. The number of carbonyl (C=O) groups is 2. The molecule has 0 saturated carbocycles. The van der Waals surface area contributed by atoms with Crippen LogP contribution in [0, 0.1) is 0 Å². The molecule has 164 valence electrons. The molecule has 3 aromatic rings. The average molecular weight is 431 g/mol. The van der Waals surface area contributed by atoms with Crippen LogP contribution in [0.3, 0.4) is 0 Å². The number of likely N-dealkylation sites (tertiary alicyclic amines) is 1. The summed E-state index contributed by atoms with van der Waals surface area (Å²) in [6.07, 6.45) is 2.40. The minimum Gasteiger partial charge on any atom is -0.485 e. The summed E-state index contributed by atoms with van der Waals surface area (Å²) in [5.74, 6) is 0.501. The fraction of sp³-hybridized carbons (Fsp3) is 0.240. The molecule has 2 heterocycles. The third-order valence-corrected chi connectivity index (χ3v) is 5.24. The number of pyridine rings is 1.